The minimum Gasteiger partial charge on any atom is -0.383 e. The molecule has 1 aromatic carbocycles. The van der Waals surface area contributed by atoms with Crippen LogP contribution in [0.4, 0.5) is 14.6 Å². The number of nitrogens with zero attached hydrogens (tertiary/aromatic N) is 2. The minimum atomic E-state index is -0.528. The predicted octanol–water partition coefficient (Wildman–Crippen LogP) is 2.82. The van der Waals surface area contributed by atoms with Crippen LogP contribution in [0.1, 0.15) is 13.3 Å². The lowest BCUT2D eigenvalue weighted by Gasteiger charge is -2.04. The third kappa shape index (κ3) is 2.13. The molecule has 2 N–H and O–H groups in total. The van der Waals surface area contributed by atoms with E-state index in [0.717, 1.165) is 24.6 Å². The Labute approximate surface area is 97.9 Å². The monoisotopic (exact) mass is 237 g/mol. The van der Waals surface area contributed by atoms with Crippen LogP contribution in [0.25, 0.3) is 11.3 Å². The summed E-state index contributed by atoms with van der Waals surface area (Å²) in [7, 11) is 0. The molecule has 0 radical (unpaired) electrons. The number of aromatic nitrogens is 2. The van der Waals surface area contributed by atoms with Gasteiger partial charge in [-0.1, -0.05) is 6.92 Å². The van der Waals surface area contributed by atoms with Gasteiger partial charge in [0, 0.05) is 12.1 Å². The Kier molecular flexibility index (Phi) is 3.08. The smallest absolute Gasteiger partial charge is 0.132 e. The third-order valence-electron chi connectivity index (χ3n) is 2.53. The Bertz CT molecular complexity index is 535. The second kappa shape index (κ2) is 4.53. The minimum absolute atomic E-state index is 0.0948. The van der Waals surface area contributed by atoms with Crippen LogP contribution in [0.2, 0.25) is 0 Å². The molecular weight excluding hydrogens is 224 g/mol. The molecule has 0 bridgehead atoms. The highest BCUT2D eigenvalue weighted by molar-refractivity contribution is 5.70. The van der Waals surface area contributed by atoms with Crippen molar-refractivity contribution in [1.29, 1.82) is 0 Å². The van der Waals surface area contributed by atoms with Crippen LogP contribution >= 0.6 is 0 Å². The molecule has 90 valence electrons. The maximum absolute atomic E-state index is 13.6. The number of hydrogen-bond acceptors (Lipinski definition) is 2. The first-order valence-electron chi connectivity index (χ1n) is 5.39. The van der Waals surface area contributed by atoms with Crippen LogP contribution in [0.15, 0.2) is 24.5 Å². The number of benzene rings is 1. The van der Waals surface area contributed by atoms with E-state index in [0.29, 0.717) is 12.4 Å². The average Bonchev–Trinajstić information content (AvgIpc) is 2.65. The van der Waals surface area contributed by atoms with E-state index in [9.17, 15) is 8.78 Å². The van der Waals surface area contributed by atoms with Crippen molar-refractivity contribution >= 4 is 5.82 Å². The molecule has 2 aromatic rings. The molecule has 1 aromatic heterocycles. The lowest BCUT2D eigenvalue weighted by atomic mass is 10.1. The van der Waals surface area contributed by atoms with Crippen molar-refractivity contribution < 1.29 is 8.78 Å². The summed E-state index contributed by atoms with van der Waals surface area (Å²) in [5, 5.41) is 0. The SMILES string of the molecule is CCCn1cnc(-c2cc(F)ccc2F)c1N. The van der Waals surface area contributed by atoms with Crippen molar-refractivity contribution in [2.24, 2.45) is 0 Å². The summed E-state index contributed by atoms with van der Waals surface area (Å²) in [6.07, 6.45) is 2.43. The van der Waals surface area contributed by atoms with Crippen LogP contribution in [0.5, 0.6) is 0 Å². The Balaban J connectivity index is 2.49. The number of anilines is 1. The van der Waals surface area contributed by atoms with E-state index >= 15 is 0 Å². The highest BCUT2D eigenvalue weighted by Crippen LogP contribution is 2.27. The molecule has 1 heterocycles. The van der Waals surface area contributed by atoms with E-state index in [1.54, 1.807) is 10.9 Å². The van der Waals surface area contributed by atoms with Crippen LogP contribution in [-0.4, -0.2) is 9.55 Å². The molecule has 0 aliphatic rings. The number of imidazole rings is 1. The van der Waals surface area contributed by atoms with Gasteiger partial charge < -0.3 is 10.3 Å². The van der Waals surface area contributed by atoms with E-state index in [4.69, 9.17) is 5.73 Å². The summed E-state index contributed by atoms with van der Waals surface area (Å²) >= 11 is 0. The molecule has 5 heteroatoms. The van der Waals surface area contributed by atoms with Crippen molar-refractivity contribution in [2.75, 3.05) is 5.73 Å². The summed E-state index contributed by atoms with van der Waals surface area (Å²) in [4.78, 5) is 4.04. The van der Waals surface area contributed by atoms with Crippen molar-refractivity contribution in [1.82, 2.24) is 9.55 Å². The molecular formula is C12H13F2N3. The van der Waals surface area contributed by atoms with Crippen LogP contribution in [-0.2, 0) is 6.54 Å². The number of nitrogens with two attached hydrogens (primary N) is 1. The fourth-order valence-electron chi connectivity index (χ4n) is 1.70. The summed E-state index contributed by atoms with van der Waals surface area (Å²) in [5.74, 6) is -0.679. The number of hydrogen-bond donors (Lipinski definition) is 1. The normalized spacial score (nSPS) is 10.8. The second-order valence-electron chi connectivity index (χ2n) is 3.80. The van der Waals surface area contributed by atoms with Crippen LogP contribution in [0.3, 0.4) is 0 Å². The standard InChI is InChI=1S/C12H13F2N3/c1-2-5-17-7-16-11(12(17)15)9-6-8(13)3-4-10(9)14/h3-4,6-7H,2,5,15H2,1H3. The largest absolute Gasteiger partial charge is 0.383 e. The zero-order valence-corrected chi connectivity index (χ0v) is 9.45. The summed E-state index contributed by atoms with van der Waals surface area (Å²) in [6, 6.07) is 3.24. The number of rotatable bonds is 3. The topological polar surface area (TPSA) is 43.8 Å². The lowest BCUT2D eigenvalue weighted by molar-refractivity contribution is 0.603. The molecule has 0 aliphatic carbocycles. The van der Waals surface area contributed by atoms with Gasteiger partial charge >= 0.3 is 0 Å². The lowest BCUT2D eigenvalue weighted by Crippen LogP contribution is -2.01. The first-order chi connectivity index (χ1) is 8.13. The van der Waals surface area contributed by atoms with E-state index in [1.807, 2.05) is 6.92 Å². The van der Waals surface area contributed by atoms with Crippen molar-refractivity contribution in [3.05, 3.63) is 36.2 Å². The summed E-state index contributed by atoms with van der Waals surface area (Å²) in [5.41, 5.74) is 6.23. The van der Waals surface area contributed by atoms with Gasteiger partial charge in [0.25, 0.3) is 0 Å². The summed E-state index contributed by atoms with van der Waals surface area (Å²) < 4.78 is 28.4. The van der Waals surface area contributed by atoms with E-state index in [1.165, 1.54) is 0 Å². The molecule has 0 unspecified atom stereocenters. The van der Waals surface area contributed by atoms with Crippen molar-refractivity contribution in [3.63, 3.8) is 0 Å². The maximum atomic E-state index is 13.6. The molecule has 0 fully saturated rings. The zero-order chi connectivity index (χ0) is 12.4. The van der Waals surface area contributed by atoms with E-state index in [2.05, 4.69) is 4.98 Å². The first-order valence-corrected chi connectivity index (χ1v) is 5.39. The zero-order valence-electron chi connectivity index (χ0n) is 9.45. The quantitative estimate of drug-likeness (QED) is 0.892. The molecule has 0 spiro atoms. The van der Waals surface area contributed by atoms with Crippen LogP contribution < -0.4 is 5.73 Å². The molecule has 2 rings (SSSR count). The van der Waals surface area contributed by atoms with E-state index < -0.39 is 11.6 Å². The Morgan fingerprint density at radius 3 is 2.82 bits per heavy atom. The Hall–Kier alpha value is -1.91. The van der Waals surface area contributed by atoms with Crippen molar-refractivity contribution in [2.45, 2.75) is 19.9 Å². The van der Waals surface area contributed by atoms with Gasteiger partial charge in [-0.15, -0.1) is 0 Å². The molecule has 0 amide bonds. The fourth-order valence-corrected chi connectivity index (χ4v) is 1.70. The molecule has 17 heavy (non-hydrogen) atoms. The van der Waals surface area contributed by atoms with Gasteiger partial charge in [0.1, 0.15) is 23.1 Å². The number of aryl methyl sites for hydroxylation is 1. The van der Waals surface area contributed by atoms with Gasteiger partial charge in [-0.25, -0.2) is 13.8 Å². The maximum Gasteiger partial charge on any atom is 0.132 e. The third-order valence-corrected chi connectivity index (χ3v) is 2.53. The molecule has 0 saturated heterocycles. The van der Waals surface area contributed by atoms with Crippen LogP contribution in [0, 0.1) is 11.6 Å². The summed E-state index contributed by atoms with van der Waals surface area (Å²) in [6.45, 7) is 2.71. The Morgan fingerprint density at radius 1 is 1.35 bits per heavy atom. The number of nitrogen functional groups attached to an aromatic ring is 1. The van der Waals surface area contributed by atoms with Gasteiger partial charge in [-0.3, -0.25) is 0 Å². The molecule has 0 atom stereocenters. The highest BCUT2D eigenvalue weighted by atomic mass is 19.1. The number of halogens is 2. The fraction of sp³-hybridized carbons (Fsp3) is 0.250. The molecule has 0 saturated carbocycles. The molecule has 3 nitrogen and oxygen atoms in total. The van der Waals surface area contributed by atoms with Gasteiger partial charge in [-0.05, 0) is 24.6 Å². The Morgan fingerprint density at radius 2 is 2.12 bits per heavy atom. The van der Waals surface area contributed by atoms with Gasteiger partial charge in [0.05, 0.1) is 6.33 Å². The van der Waals surface area contributed by atoms with Gasteiger partial charge in [0.2, 0.25) is 0 Å². The van der Waals surface area contributed by atoms with Gasteiger partial charge in [-0.2, -0.15) is 0 Å². The van der Waals surface area contributed by atoms with E-state index in [-0.39, 0.29) is 11.3 Å². The highest BCUT2D eigenvalue weighted by Gasteiger charge is 2.14. The van der Waals surface area contributed by atoms with Gasteiger partial charge in [0.15, 0.2) is 0 Å². The predicted molar refractivity (Wildman–Crippen MR) is 62.3 cm³/mol. The average molecular weight is 237 g/mol. The molecule has 0 aliphatic heterocycles. The van der Waals surface area contributed by atoms with Crippen molar-refractivity contribution in [3.8, 4) is 11.3 Å². The first kappa shape index (κ1) is 11.6. The second-order valence-corrected chi connectivity index (χ2v) is 3.80.